The Hall–Kier alpha value is -4.18. The van der Waals surface area contributed by atoms with E-state index in [4.69, 9.17) is 15.2 Å². The lowest BCUT2D eigenvalue weighted by atomic mass is 9.87. The van der Waals surface area contributed by atoms with E-state index in [9.17, 15) is 13.2 Å². The van der Waals surface area contributed by atoms with Gasteiger partial charge in [0.25, 0.3) is 15.9 Å². The lowest BCUT2D eigenvalue weighted by Crippen LogP contribution is -2.31. The maximum atomic E-state index is 13.4. The lowest BCUT2D eigenvalue weighted by molar-refractivity contribution is 0.0977. The molecule has 36 heavy (non-hydrogen) atoms. The SMILES string of the molecule is COc1ccc2c(c1S(=O)(=O)NC(=O)c1ccc3c(-c4cc(N)ccn4)cccc3n1)OCC2(C)C. The van der Waals surface area contributed by atoms with E-state index in [0.29, 0.717) is 23.5 Å². The molecule has 9 nitrogen and oxygen atoms in total. The van der Waals surface area contributed by atoms with Crippen LogP contribution in [0.15, 0.2) is 65.7 Å². The monoisotopic (exact) mass is 504 g/mol. The van der Waals surface area contributed by atoms with E-state index in [0.717, 1.165) is 16.5 Å². The summed E-state index contributed by atoms with van der Waals surface area (Å²) in [6.07, 6.45) is 1.61. The van der Waals surface area contributed by atoms with Crippen molar-refractivity contribution in [2.24, 2.45) is 0 Å². The maximum absolute atomic E-state index is 13.4. The molecule has 0 unspecified atom stereocenters. The van der Waals surface area contributed by atoms with Crippen molar-refractivity contribution >= 4 is 32.5 Å². The normalized spacial score (nSPS) is 14.2. The Morgan fingerprint density at radius 1 is 1.14 bits per heavy atom. The van der Waals surface area contributed by atoms with Gasteiger partial charge in [-0.15, -0.1) is 0 Å². The van der Waals surface area contributed by atoms with Crippen molar-refractivity contribution in [3.8, 4) is 22.8 Å². The Morgan fingerprint density at radius 3 is 2.69 bits per heavy atom. The maximum Gasteiger partial charge on any atom is 0.283 e. The van der Waals surface area contributed by atoms with Gasteiger partial charge in [0, 0.05) is 33.8 Å². The molecule has 0 bridgehead atoms. The van der Waals surface area contributed by atoms with Crippen LogP contribution in [0.4, 0.5) is 5.69 Å². The molecule has 0 saturated carbocycles. The van der Waals surface area contributed by atoms with Gasteiger partial charge in [0.15, 0.2) is 4.90 Å². The number of methoxy groups -OCH3 is 1. The first kappa shape index (κ1) is 23.6. The summed E-state index contributed by atoms with van der Waals surface area (Å²) in [4.78, 5) is 21.6. The minimum Gasteiger partial charge on any atom is -0.495 e. The minimum atomic E-state index is -4.35. The first-order valence-electron chi connectivity index (χ1n) is 11.1. The highest BCUT2D eigenvalue weighted by Gasteiger charge is 2.39. The average Bonchev–Trinajstić information content (AvgIpc) is 3.16. The fraction of sp³-hybridized carbons (Fsp3) is 0.192. The number of carbonyl (C=O) groups excluding carboxylic acids is 1. The van der Waals surface area contributed by atoms with Crippen molar-refractivity contribution in [1.82, 2.24) is 14.7 Å². The van der Waals surface area contributed by atoms with Gasteiger partial charge in [0.2, 0.25) is 0 Å². The number of nitrogens with one attached hydrogen (secondary N) is 1. The molecule has 2 aromatic heterocycles. The summed E-state index contributed by atoms with van der Waals surface area (Å²) in [5.74, 6) is -0.607. The highest BCUT2D eigenvalue weighted by atomic mass is 32.2. The molecule has 1 amide bonds. The summed E-state index contributed by atoms with van der Waals surface area (Å²) < 4.78 is 39.9. The van der Waals surface area contributed by atoms with Crippen LogP contribution in [0.5, 0.6) is 11.5 Å². The number of pyridine rings is 2. The first-order valence-corrected chi connectivity index (χ1v) is 12.6. The number of anilines is 1. The molecule has 184 valence electrons. The molecule has 2 aromatic carbocycles. The molecule has 0 saturated heterocycles. The van der Waals surface area contributed by atoms with Crippen LogP contribution in [0.25, 0.3) is 22.2 Å². The molecule has 0 fully saturated rings. The number of ether oxygens (including phenoxy) is 2. The topological polar surface area (TPSA) is 134 Å². The van der Waals surface area contributed by atoms with Crippen molar-refractivity contribution in [1.29, 1.82) is 0 Å². The Balaban J connectivity index is 1.51. The van der Waals surface area contributed by atoms with Crippen LogP contribution in [0.2, 0.25) is 0 Å². The smallest absolute Gasteiger partial charge is 0.283 e. The van der Waals surface area contributed by atoms with Crippen LogP contribution in [0.3, 0.4) is 0 Å². The van der Waals surface area contributed by atoms with Crippen molar-refractivity contribution in [2.45, 2.75) is 24.2 Å². The second-order valence-corrected chi connectivity index (χ2v) is 10.7. The Kier molecular flexibility index (Phi) is 5.55. The summed E-state index contributed by atoms with van der Waals surface area (Å²) in [5.41, 5.74) is 8.71. The predicted octanol–water partition coefficient (Wildman–Crippen LogP) is 3.68. The second-order valence-electron chi connectivity index (χ2n) is 9.12. The number of nitrogens with two attached hydrogens (primary N) is 1. The molecule has 3 heterocycles. The van der Waals surface area contributed by atoms with Gasteiger partial charge in [-0.3, -0.25) is 9.78 Å². The largest absolute Gasteiger partial charge is 0.495 e. The summed E-state index contributed by atoms with van der Waals surface area (Å²) in [5, 5.41) is 0.744. The van der Waals surface area contributed by atoms with Crippen LogP contribution in [0.1, 0.15) is 29.9 Å². The summed E-state index contributed by atoms with van der Waals surface area (Å²) >= 11 is 0. The van der Waals surface area contributed by atoms with Crippen molar-refractivity contribution in [3.05, 3.63) is 72.1 Å². The molecule has 0 atom stereocenters. The number of benzene rings is 2. The van der Waals surface area contributed by atoms with Gasteiger partial charge in [0.1, 0.15) is 17.2 Å². The molecule has 10 heteroatoms. The van der Waals surface area contributed by atoms with Crippen LogP contribution in [-0.2, 0) is 15.4 Å². The zero-order valence-electron chi connectivity index (χ0n) is 19.9. The standard InChI is InChI=1S/C26H24N4O5S/c1-26(2)14-35-23-18(26)8-10-22(34-3)24(23)36(32,33)30-25(31)20-9-7-17-16(5-4-6-19(17)29-20)21-13-15(27)11-12-28-21/h4-13H,14H2,1-3H3,(H2,27,28)(H,30,31). The van der Waals surface area contributed by atoms with Crippen LogP contribution in [-0.4, -0.2) is 38.0 Å². The number of rotatable bonds is 5. The highest BCUT2D eigenvalue weighted by Crippen LogP contribution is 2.46. The number of hydrogen-bond donors (Lipinski definition) is 2. The van der Waals surface area contributed by atoms with Gasteiger partial charge in [0.05, 0.1) is 24.9 Å². The van der Waals surface area contributed by atoms with E-state index in [-0.39, 0.29) is 27.5 Å². The molecule has 5 rings (SSSR count). The van der Waals surface area contributed by atoms with E-state index in [1.54, 1.807) is 48.7 Å². The molecule has 0 aliphatic carbocycles. The van der Waals surface area contributed by atoms with E-state index in [1.807, 2.05) is 19.9 Å². The number of hydrogen-bond acceptors (Lipinski definition) is 8. The number of aromatic nitrogens is 2. The van der Waals surface area contributed by atoms with Crippen LogP contribution in [0, 0.1) is 0 Å². The van der Waals surface area contributed by atoms with Crippen molar-refractivity contribution in [3.63, 3.8) is 0 Å². The number of nitrogen functional groups attached to an aromatic ring is 1. The lowest BCUT2D eigenvalue weighted by Gasteiger charge is -2.17. The molecule has 4 aromatic rings. The fourth-order valence-corrected chi connectivity index (χ4v) is 5.57. The average molecular weight is 505 g/mol. The van der Waals surface area contributed by atoms with Gasteiger partial charge < -0.3 is 15.2 Å². The van der Waals surface area contributed by atoms with E-state index >= 15 is 0 Å². The van der Waals surface area contributed by atoms with Crippen LogP contribution < -0.4 is 19.9 Å². The molecule has 0 radical (unpaired) electrons. The third kappa shape index (κ3) is 3.99. The Morgan fingerprint density at radius 2 is 1.94 bits per heavy atom. The zero-order chi connectivity index (χ0) is 25.7. The molecular formula is C26H24N4O5S. The van der Waals surface area contributed by atoms with Crippen LogP contribution >= 0.6 is 0 Å². The molecule has 0 spiro atoms. The molecule has 3 N–H and O–H groups in total. The van der Waals surface area contributed by atoms with Crippen molar-refractivity contribution < 1.29 is 22.7 Å². The molecule has 1 aliphatic rings. The van der Waals surface area contributed by atoms with Gasteiger partial charge in [-0.05, 0) is 36.4 Å². The number of sulfonamides is 1. The fourth-order valence-electron chi connectivity index (χ4n) is 4.29. The highest BCUT2D eigenvalue weighted by molar-refractivity contribution is 7.90. The third-order valence-electron chi connectivity index (χ3n) is 6.12. The zero-order valence-corrected chi connectivity index (χ0v) is 20.7. The van der Waals surface area contributed by atoms with E-state index in [2.05, 4.69) is 14.7 Å². The molecular weight excluding hydrogens is 480 g/mol. The summed E-state index contributed by atoms with van der Waals surface area (Å²) in [6.45, 7) is 4.21. The summed E-state index contributed by atoms with van der Waals surface area (Å²) in [6, 6.07) is 15.3. The van der Waals surface area contributed by atoms with Gasteiger partial charge in [-0.1, -0.05) is 32.0 Å². The van der Waals surface area contributed by atoms with Crippen molar-refractivity contribution in [2.75, 3.05) is 19.5 Å². The third-order valence-corrected chi connectivity index (χ3v) is 7.50. The Bertz CT molecular complexity index is 1630. The summed E-state index contributed by atoms with van der Waals surface area (Å²) in [7, 11) is -2.99. The molecule has 1 aliphatic heterocycles. The number of amides is 1. The van der Waals surface area contributed by atoms with E-state index < -0.39 is 15.9 Å². The predicted molar refractivity (Wildman–Crippen MR) is 136 cm³/mol. The quantitative estimate of drug-likeness (QED) is 0.421. The second kappa shape index (κ2) is 8.49. The minimum absolute atomic E-state index is 0.0587. The number of fused-ring (bicyclic) bond motifs is 2. The first-order chi connectivity index (χ1) is 17.1. The Labute approximate surface area is 208 Å². The van der Waals surface area contributed by atoms with Gasteiger partial charge >= 0.3 is 0 Å². The van der Waals surface area contributed by atoms with E-state index in [1.165, 1.54) is 13.2 Å². The number of nitrogens with zero attached hydrogens (tertiary/aromatic N) is 2. The van der Waals surface area contributed by atoms with Gasteiger partial charge in [-0.25, -0.2) is 18.1 Å². The van der Waals surface area contributed by atoms with Gasteiger partial charge in [-0.2, -0.15) is 0 Å². The number of carbonyl (C=O) groups is 1.